The van der Waals surface area contributed by atoms with Gasteiger partial charge < -0.3 is 9.80 Å². The summed E-state index contributed by atoms with van der Waals surface area (Å²) in [5.41, 5.74) is 2.57. The molecule has 0 aliphatic carbocycles. The van der Waals surface area contributed by atoms with Crippen LogP contribution in [0, 0.1) is 25.5 Å². The van der Waals surface area contributed by atoms with Crippen molar-refractivity contribution in [2.75, 3.05) is 34.4 Å². The molecule has 0 saturated carbocycles. The summed E-state index contributed by atoms with van der Waals surface area (Å²) >= 11 is 0.657. The van der Waals surface area contributed by atoms with Crippen molar-refractivity contribution in [2.45, 2.75) is 61.7 Å². The fourth-order valence-corrected chi connectivity index (χ4v) is 7.76. The molecular formula is C38H36F8N4OS2. The highest BCUT2D eigenvalue weighted by Gasteiger charge is 2.32. The SMILES string of the molecule is Cc1cc(F)c(N=C2CCCN2c2ccccc2)cc1S(=O)CC(F)(F)F.Cc1cc(F)c(N=C2CCCN2c2ccccc2)cc1SCC(F)(F)F. The van der Waals surface area contributed by atoms with Crippen molar-refractivity contribution in [1.82, 2.24) is 0 Å². The summed E-state index contributed by atoms with van der Waals surface area (Å²) < 4.78 is 116. The number of benzene rings is 4. The van der Waals surface area contributed by atoms with E-state index < -0.39 is 46.3 Å². The minimum absolute atomic E-state index is 0.0441. The highest BCUT2D eigenvalue weighted by atomic mass is 32.2. The highest BCUT2D eigenvalue weighted by molar-refractivity contribution is 7.99. The van der Waals surface area contributed by atoms with Crippen molar-refractivity contribution < 1.29 is 39.3 Å². The Bertz CT molecular complexity index is 1970. The number of aryl methyl sites for hydroxylation is 2. The Labute approximate surface area is 309 Å². The van der Waals surface area contributed by atoms with Gasteiger partial charge in [-0.15, -0.1) is 11.8 Å². The van der Waals surface area contributed by atoms with E-state index in [1.165, 1.54) is 25.1 Å². The minimum atomic E-state index is -4.56. The maximum atomic E-state index is 14.4. The second-order valence-electron chi connectivity index (χ2n) is 12.4. The van der Waals surface area contributed by atoms with Gasteiger partial charge in [0.05, 0.1) is 16.6 Å². The van der Waals surface area contributed by atoms with Gasteiger partial charge in [0.15, 0.2) is 0 Å². The Balaban J connectivity index is 0.000000204. The summed E-state index contributed by atoms with van der Waals surface area (Å²) in [6.45, 7) is 4.55. The largest absolute Gasteiger partial charge is 0.400 e. The molecule has 6 rings (SSSR count). The van der Waals surface area contributed by atoms with Crippen molar-refractivity contribution in [3.05, 3.63) is 108 Å². The summed E-state index contributed by atoms with van der Waals surface area (Å²) in [5, 5.41) is 0. The summed E-state index contributed by atoms with van der Waals surface area (Å²) in [7, 11) is -2.31. The molecule has 2 saturated heterocycles. The lowest BCUT2D eigenvalue weighted by Crippen LogP contribution is -2.23. The van der Waals surface area contributed by atoms with Crippen LogP contribution < -0.4 is 9.80 Å². The molecule has 0 spiro atoms. The van der Waals surface area contributed by atoms with Gasteiger partial charge in [-0.1, -0.05) is 36.4 Å². The number of alkyl halides is 6. The predicted molar refractivity (Wildman–Crippen MR) is 197 cm³/mol. The number of aliphatic imine (C=N–C) groups is 2. The van der Waals surface area contributed by atoms with E-state index in [1.807, 2.05) is 70.5 Å². The monoisotopic (exact) mass is 780 g/mol. The number of hydrogen-bond donors (Lipinski definition) is 0. The van der Waals surface area contributed by atoms with E-state index in [0.29, 0.717) is 40.9 Å². The quantitative estimate of drug-likeness (QED) is 0.132. The van der Waals surface area contributed by atoms with E-state index in [1.54, 1.807) is 6.92 Å². The molecule has 2 aliphatic rings. The fraction of sp³-hybridized carbons (Fsp3) is 0.316. The molecule has 2 aliphatic heterocycles. The first-order chi connectivity index (χ1) is 25.1. The molecule has 5 nitrogen and oxygen atoms in total. The van der Waals surface area contributed by atoms with Crippen LogP contribution in [-0.2, 0) is 10.8 Å². The lowest BCUT2D eigenvalue weighted by atomic mass is 10.2. The first kappa shape index (κ1) is 40.0. The molecule has 0 radical (unpaired) electrons. The van der Waals surface area contributed by atoms with E-state index in [4.69, 9.17) is 0 Å². The predicted octanol–water partition coefficient (Wildman–Crippen LogP) is 11.3. The topological polar surface area (TPSA) is 48.3 Å². The number of anilines is 2. The van der Waals surface area contributed by atoms with Crippen LogP contribution in [0.5, 0.6) is 0 Å². The van der Waals surface area contributed by atoms with Crippen LogP contribution in [0.2, 0.25) is 0 Å². The molecule has 4 aromatic carbocycles. The van der Waals surface area contributed by atoms with Crippen LogP contribution in [0.3, 0.4) is 0 Å². The first-order valence-corrected chi connectivity index (χ1v) is 18.9. The van der Waals surface area contributed by atoms with E-state index in [2.05, 4.69) is 9.98 Å². The molecule has 0 bridgehead atoms. The molecule has 0 amide bonds. The average molecular weight is 781 g/mol. The average Bonchev–Trinajstić information content (AvgIpc) is 3.76. The molecular weight excluding hydrogens is 745 g/mol. The van der Waals surface area contributed by atoms with Crippen molar-refractivity contribution >= 4 is 57.0 Å². The Morgan fingerprint density at radius 2 is 1.15 bits per heavy atom. The van der Waals surface area contributed by atoms with Gasteiger partial charge in [-0.25, -0.2) is 18.8 Å². The van der Waals surface area contributed by atoms with E-state index in [-0.39, 0.29) is 21.8 Å². The van der Waals surface area contributed by atoms with Crippen molar-refractivity contribution in [3.8, 4) is 0 Å². The number of nitrogens with zero attached hydrogens (tertiary/aromatic N) is 4. The molecule has 0 aromatic heterocycles. The number of halogens is 8. The Morgan fingerprint density at radius 3 is 1.62 bits per heavy atom. The zero-order chi connectivity index (χ0) is 38.3. The van der Waals surface area contributed by atoms with Crippen LogP contribution >= 0.6 is 11.8 Å². The number of amidine groups is 2. The Hall–Kier alpha value is -4.24. The van der Waals surface area contributed by atoms with Crippen LogP contribution in [0.1, 0.15) is 36.8 Å². The minimum Gasteiger partial charge on any atom is -0.330 e. The molecule has 15 heteroatoms. The van der Waals surface area contributed by atoms with E-state index in [9.17, 15) is 39.3 Å². The molecule has 2 fully saturated rings. The van der Waals surface area contributed by atoms with E-state index in [0.717, 1.165) is 49.2 Å². The van der Waals surface area contributed by atoms with Crippen LogP contribution in [-0.4, -0.2) is 52.8 Å². The van der Waals surface area contributed by atoms with Crippen molar-refractivity contribution in [2.24, 2.45) is 9.98 Å². The third-order valence-corrected chi connectivity index (χ3v) is 11.0. The number of hydrogen-bond acceptors (Lipinski definition) is 4. The first-order valence-electron chi connectivity index (χ1n) is 16.6. The smallest absolute Gasteiger partial charge is 0.330 e. The normalized spacial score (nSPS) is 17.0. The van der Waals surface area contributed by atoms with Gasteiger partial charge in [-0.2, -0.15) is 26.3 Å². The maximum Gasteiger partial charge on any atom is 0.400 e. The van der Waals surface area contributed by atoms with Crippen LogP contribution in [0.25, 0.3) is 0 Å². The molecule has 1 unspecified atom stereocenters. The van der Waals surface area contributed by atoms with E-state index >= 15 is 0 Å². The molecule has 1 atom stereocenters. The zero-order valence-electron chi connectivity index (χ0n) is 28.8. The maximum absolute atomic E-state index is 14.4. The fourth-order valence-electron chi connectivity index (χ4n) is 5.84. The molecule has 53 heavy (non-hydrogen) atoms. The van der Waals surface area contributed by atoms with Crippen LogP contribution in [0.15, 0.2) is 105 Å². The number of rotatable bonds is 8. The van der Waals surface area contributed by atoms with Crippen molar-refractivity contribution in [3.63, 3.8) is 0 Å². The summed E-state index contributed by atoms with van der Waals surface area (Å²) in [4.78, 5) is 13.1. The van der Waals surface area contributed by atoms with Gasteiger partial charge in [-0.05, 0) is 86.3 Å². The van der Waals surface area contributed by atoms with Gasteiger partial charge >= 0.3 is 12.4 Å². The summed E-state index contributed by atoms with van der Waals surface area (Å²) in [6.07, 6.45) is -5.76. The molecule has 0 N–H and O–H groups in total. The second-order valence-corrected chi connectivity index (χ2v) is 14.8. The standard InChI is InChI=1S/C19H18F4N2OS.C19H18F4N2S/c1-13-10-15(20)16(11-17(13)27(26)12-19(21,22)23)24-18-8-5-9-25(18)14-6-3-2-4-7-14;1-13-10-15(20)16(11-17(13)26-12-19(21,22)23)24-18-8-5-9-25(18)14-6-3-2-4-7-14/h2-4,6-7,10-11H,5,8-9,12H2,1H3;2-4,6-7,10-11H,5,8-9,12H2,1H3. The molecule has 2 heterocycles. The Kier molecular flexibility index (Phi) is 13.0. The zero-order valence-corrected chi connectivity index (χ0v) is 30.4. The molecule has 282 valence electrons. The summed E-state index contributed by atoms with van der Waals surface area (Å²) in [6, 6.07) is 24.1. The third kappa shape index (κ3) is 11.1. The van der Waals surface area contributed by atoms with Crippen LogP contribution in [0.4, 0.5) is 57.9 Å². The van der Waals surface area contributed by atoms with Gasteiger partial charge in [0.25, 0.3) is 0 Å². The van der Waals surface area contributed by atoms with Gasteiger partial charge in [0, 0.05) is 47.1 Å². The molecule has 4 aromatic rings. The Morgan fingerprint density at radius 1 is 0.679 bits per heavy atom. The van der Waals surface area contributed by atoms with Gasteiger partial charge in [0.1, 0.15) is 40.4 Å². The summed E-state index contributed by atoms with van der Waals surface area (Å²) in [5.74, 6) is -2.28. The van der Waals surface area contributed by atoms with Gasteiger partial charge in [0.2, 0.25) is 0 Å². The number of thioether (sulfide) groups is 1. The second kappa shape index (κ2) is 17.3. The lowest BCUT2D eigenvalue weighted by molar-refractivity contribution is -0.106. The third-order valence-electron chi connectivity index (χ3n) is 8.24. The lowest BCUT2D eigenvalue weighted by Gasteiger charge is -2.19. The highest BCUT2D eigenvalue weighted by Crippen LogP contribution is 2.35. The number of para-hydroxylation sites is 2. The van der Waals surface area contributed by atoms with Crippen molar-refractivity contribution in [1.29, 1.82) is 0 Å². The van der Waals surface area contributed by atoms with Gasteiger partial charge in [-0.3, -0.25) is 4.21 Å².